The summed E-state index contributed by atoms with van der Waals surface area (Å²) < 4.78 is 1.14. The molecule has 1 saturated heterocycles. The number of piperidine rings is 1. The highest BCUT2D eigenvalue weighted by Crippen LogP contribution is 2.33. The molecule has 1 fully saturated rings. The van der Waals surface area contributed by atoms with Gasteiger partial charge in [-0.3, -0.25) is 4.79 Å². The minimum atomic E-state index is -0.211. The molecular formula is C14H18N4OS. The molecule has 2 aromatic rings. The first-order chi connectivity index (χ1) is 9.65. The molecule has 0 saturated carbocycles. The van der Waals surface area contributed by atoms with E-state index in [4.69, 9.17) is 5.73 Å². The number of aryl methyl sites for hydroxylation is 1. The third kappa shape index (κ3) is 2.47. The minimum Gasteiger partial charge on any atom is -0.370 e. The number of fused-ring (bicyclic) bond motifs is 1. The third-order valence-corrected chi connectivity index (χ3v) is 4.90. The SMILES string of the molecule is Cc1csc2c(N3CCCC(CC(N)=O)C3)ncnc12. The van der Waals surface area contributed by atoms with E-state index in [1.54, 1.807) is 17.7 Å². The number of nitrogens with zero attached hydrogens (tertiary/aromatic N) is 3. The Kier molecular flexibility index (Phi) is 3.56. The van der Waals surface area contributed by atoms with Gasteiger partial charge in [-0.05, 0) is 36.6 Å². The van der Waals surface area contributed by atoms with Crippen molar-refractivity contribution in [2.75, 3.05) is 18.0 Å². The van der Waals surface area contributed by atoms with Crippen LogP contribution in [0.25, 0.3) is 10.2 Å². The highest BCUT2D eigenvalue weighted by Gasteiger charge is 2.24. The van der Waals surface area contributed by atoms with E-state index in [0.29, 0.717) is 12.3 Å². The molecule has 3 heterocycles. The second kappa shape index (κ2) is 5.36. The maximum absolute atomic E-state index is 11.1. The molecule has 0 aromatic carbocycles. The van der Waals surface area contributed by atoms with Gasteiger partial charge in [-0.15, -0.1) is 11.3 Å². The number of carbonyl (C=O) groups excluding carboxylic acids is 1. The normalized spacial score (nSPS) is 19.4. The van der Waals surface area contributed by atoms with Gasteiger partial charge in [-0.2, -0.15) is 0 Å². The van der Waals surface area contributed by atoms with Gasteiger partial charge in [-0.25, -0.2) is 9.97 Å². The zero-order valence-corrected chi connectivity index (χ0v) is 12.3. The van der Waals surface area contributed by atoms with Crippen molar-refractivity contribution in [3.8, 4) is 0 Å². The first-order valence-electron chi connectivity index (χ1n) is 6.87. The number of rotatable bonds is 3. The van der Waals surface area contributed by atoms with Crippen molar-refractivity contribution in [1.82, 2.24) is 9.97 Å². The molecule has 0 bridgehead atoms. The lowest BCUT2D eigenvalue weighted by Gasteiger charge is -2.33. The molecule has 2 aromatic heterocycles. The summed E-state index contributed by atoms with van der Waals surface area (Å²) in [5, 5.41) is 2.12. The monoisotopic (exact) mass is 290 g/mol. The van der Waals surface area contributed by atoms with Crippen molar-refractivity contribution < 1.29 is 4.79 Å². The maximum atomic E-state index is 11.1. The fourth-order valence-corrected chi connectivity index (χ4v) is 3.91. The molecule has 1 aliphatic heterocycles. The number of carbonyl (C=O) groups is 1. The van der Waals surface area contributed by atoms with Gasteiger partial charge < -0.3 is 10.6 Å². The number of amides is 1. The average molecular weight is 290 g/mol. The Bertz CT molecular complexity index is 639. The van der Waals surface area contributed by atoms with Crippen LogP contribution in [0.3, 0.4) is 0 Å². The van der Waals surface area contributed by atoms with E-state index >= 15 is 0 Å². The first kappa shape index (κ1) is 13.3. The van der Waals surface area contributed by atoms with Crippen molar-refractivity contribution in [3.63, 3.8) is 0 Å². The number of aromatic nitrogens is 2. The quantitative estimate of drug-likeness (QED) is 0.939. The smallest absolute Gasteiger partial charge is 0.217 e. The molecule has 0 spiro atoms. The van der Waals surface area contributed by atoms with Crippen molar-refractivity contribution in [2.24, 2.45) is 11.7 Å². The minimum absolute atomic E-state index is 0.211. The molecule has 5 nitrogen and oxygen atoms in total. The zero-order chi connectivity index (χ0) is 14.1. The molecule has 3 rings (SSSR count). The largest absolute Gasteiger partial charge is 0.370 e. The molecule has 106 valence electrons. The molecule has 0 aliphatic carbocycles. The molecule has 1 atom stereocenters. The van der Waals surface area contributed by atoms with Gasteiger partial charge in [0, 0.05) is 19.5 Å². The predicted molar refractivity (Wildman–Crippen MR) is 80.9 cm³/mol. The van der Waals surface area contributed by atoms with Crippen LogP contribution >= 0.6 is 11.3 Å². The molecule has 20 heavy (non-hydrogen) atoms. The fraction of sp³-hybridized carbons (Fsp3) is 0.500. The Morgan fingerprint density at radius 1 is 1.55 bits per heavy atom. The van der Waals surface area contributed by atoms with E-state index in [9.17, 15) is 4.79 Å². The third-order valence-electron chi connectivity index (χ3n) is 3.82. The van der Waals surface area contributed by atoms with Gasteiger partial charge in [0.15, 0.2) is 0 Å². The van der Waals surface area contributed by atoms with Gasteiger partial charge in [0.1, 0.15) is 12.1 Å². The van der Waals surface area contributed by atoms with E-state index in [1.807, 2.05) is 0 Å². The summed E-state index contributed by atoms with van der Waals surface area (Å²) in [6.45, 7) is 3.91. The lowest BCUT2D eigenvalue weighted by atomic mass is 9.94. The Morgan fingerprint density at radius 2 is 2.40 bits per heavy atom. The van der Waals surface area contributed by atoms with Crippen molar-refractivity contribution in [2.45, 2.75) is 26.2 Å². The second-order valence-electron chi connectivity index (χ2n) is 5.42. The Balaban J connectivity index is 1.88. The average Bonchev–Trinajstić information content (AvgIpc) is 2.80. The Labute approximate surface area is 121 Å². The molecule has 1 amide bonds. The van der Waals surface area contributed by atoms with Crippen molar-refractivity contribution in [1.29, 1.82) is 0 Å². The van der Waals surface area contributed by atoms with E-state index in [0.717, 1.165) is 42.0 Å². The summed E-state index contributed by atoms with van der Waals surface area (Å²) in [5.41, 5.74) is 7.55. The van der Waals surface area contributed by atoms with Crippen LogP contribution in [0.5, 0.6) is 0 Å². The van der Waals surface area contributed by atoms with Crippen LogP contribution in [0.1, 0.15) is 24.8 Å². The van der Waals surface area contributed by atoms with Crippen molar-refractivity contribution >= 4 is 33.3 Å². The molecule has 2 N–H and O–H groups in total. The molecule has 1 unspecified atom stereocenters. The number of thiophene rings is 1. The standard InChI is InChI=1S/C14H18N4OS/c1-9-7-20-13-12(9)16-8-17-14(13)18-4-2-3-10(6-18)5-11(15)19/h7-8,10H,2-6H2,1H3,(H2,15,19). The molecule has 1 aliphatic rings. The summed E-state index contributed by atoms with van der Waals surface area (Å²) in [7, 11) is 0. The van der Waals surface area contributed by atoms with Gasteiger partial charge in [0.25, 0.3) is 0 Å². The summed E-state index contributed by atoms with van der Waals surface area (Å²) in [5.74, 6) is 1.13. The zero-order valence-electron chi connectivity index (χ0n) is 11.5. The summed E-state index contributed by atoms with van der Waals surface area (Å²) in [6, 6.07) is 0. The van der Waals surface area contributed by atoms with Crippen LogP contribution in [0.4, 0.5) is 5.82 Å². The highest BCUT2D eigenvalue weighted by atomic mass is 32.1. The molecular weight excluding hydrogens is 272 g/mol. The second-order valence-corrected chi connectivity index (χ2v) is 6.30. The van der Waals surface area contributed by atoms with Gasteiger partial charge in [-0.1, -0.05) is 0 Å². The van der Waals surface area contributed by atoms with Crippen LogP contribution < -0.4 is 10.6 Å². The van der Waals surface area contributed by atoms with Gasteiger partial charge in [0.05, 0.1) is 10.2 Å². The maximum Gasteiger partial charge on any atom is 0.217 e. The van der Waals surface area contributed by atoms with Crippen molar-refractivity contribution in [3.05, 3.63) is 17.3 Å². The number of nitrogens with two attached hydrogens (primary N) is 1. The van der Waals surface area contributed by atoms with Crippen LogP contribution in [-0.4, -0.2) is 29.0 Å². The lowest BCUT2D eigenvalue weighted by Crippen LogP contribution is -2.37. The molecule has 6 heteroatoms. The van der Waals surface area contributed by atoms with Gasteiger partial charge >= 0.3 is 0 Å². The summed E-state index contributed by atoms with van der Waals surface area (Å²) in [6.07, 6.45) is 4.24. The summed E-state index contributed by atoms with van der Waals surface area (Å²) in [4.78, 5) is 22.2. The number of hydrogen-bond acceptors (Lipinski definition) is 5. The number of anilines is 1. The fourth-order valence-electron chi connectivity index (χ4n) is 2.89. The van der Waals surface area contributed by atoms with Crippen LogP contribution in [0, 0.1) is 12.8 Å². The Hall–Kier alpha value is -1.69. The predicted octanol–water partition coefficient (Wildman–Crippen LogP) is 2.09. The van der Waals surface area contributed by atoms with E-state index in [1.165, 1.54) is 5.56 Å². The molecule has 0 radical (unpaired) electrons. The van der Waals surface area contributed by atoms with Crippen LogP contribution in [-0.2, 0) is 4.79 Å². The lowest BCUT2D eigenvalue weighted by molar-refractivity contribution is -0.118. The topological polar surface area (TPSA) is 72.1 Å². The summed E-state index contributed by atoms with van der Waals surface area (Å²) >= 11 is 1.69. The number of primary amides is 1. The van der Waals surface area contributed by atoms with E-state index < -0.39 is 0 Å². The van der Waals surface area contributed by atoms with Crippen LogP contribution in [0.15, 0.2) is 11.7 Å². The van der Waals surface area contributed by atoms with Crippen LogP contribution in [0.2, 0.25) is 0 Å². The van der Waals surface area contributed by atoms with E-state index in [2.05, 4.69) is 27.2 Å². The number of hydrogen-bond donors (Lipinski definition) is 1. The Morgan fingerprint density at radius 3 is 3.20 bits per heavy atom. The first-order valence-corrected chi connectivity index (χ1v) is 7.75. The van der Waals surface area contributed by atoms with Gasteiger partial charge in [0.2, 0.25) is 5.91 Å². The van der Waals surface area contributed by atoms with E-state index in [-0.39, 0.29) is 5.91 Å². The highest BCUT2D eigenvalue weighted by molar-refractivity contribution is 7.18.